The Morgan fingerprint density at radius 2 is 0.490 bits per heavy atom. The summed E-state index contributed by atoms with van der Waals surface area (Å²) >= 11 is 33.4. The van der Waals surface area contributed by atoms with E-state index < -0.39 is 0 Å². The van der Waals surface area contributed by atoms with Gasteiger partial charge >= 0.3 is 0 Å². The SMILES string of the molecule is CCCCCCCCn1c([S-])c([S-])n(CCCCCCCC)c1=S.CCCCCCCCn1c([S-])c([S-])n(CCCCCCCC)c1=S.[Ni]. The van der Waals surface area contributed by atoms with Crippen LogP contribution in [0.4, 0.5) is 0 Å². The van der Waals surface area contributed by atoms with Crippen molar-refractivity contribution in [2.75, 3.05) is 0 Å². The fourth-order valence-electron chi connectivity index (χ4n) is 6.09. The summed E-state index contributed by atoms with van der Waals surface area (Å²) in [4.78, 5) is 0. The summed E-state index contributed by atoms with van der Waals surface area (Å²) in [6, 6.07) is 0. The predicted octanol–water partition coefficient (Wildman–Crippen LogP) is 13.1. The van der Waals surface area contributed by atoms with E-state index in [-0.39, 0.29) is 16.5 Å². The van der Waals surface area contributed by atoms with E-state index >= 15 is 0 Å². The summed E-state index contributed by atoms with van der Waals surface area (Å²) in [6.45, 7) is 12.7. The van der Waals surface area contributed by atoms with Crippen LogP contribution in [0.15, 0.2) is 20.1 Å². The topological polar surface area (TPSA) is 19.7 Å². The van der Waals surface area contributed by atoms with E-state index in [1.165, 1.54) is 128 Å². The first-order chi connectivity index (χ1) is 23.3. The number of hydrogen-bond acceptors (Lipinski definition) is 6. The van der Waals surface area contributed by atoms with Gasteiger partial charge in [0.05, 0.1) is 0 Å². The molecule has 2 aromatic heterocycles. The third-order valence-corrected chi connectivity index (χ3v) is 12.0. The third-order valence-electron chi connectivity index (χ3n) is 9.21. The number of aromatic nitrogens is 4. The maximum absolute atomic E-state index is 5.63. The Hall–Kier alpha value is 0.234. The van der Waals surface area contributed by atoms with E-state index in [0.29, 0.717) is 0 Å². The van der Waals surface area contributed by atoms with Gasteiger partial charge < -0.3 is 68.8 Å². The molecule has 0 aliphatic heterocycles. The Labute approximate surface area is 344 Å². The van der Waals surface area contributed by atoms with Crippen molar-refractivity contribution in [3.63, 3.8) is 0 Å². The van der Waals surface area contributed by atoms with Gasteiger partial charge in [-0.2, -0.15) is 0 Å². The van der Waals surface area contributed by atoms with Crippen molar-refractivity contribution >= 4 is 75.0 Å². The molecule has 0 spiro atoms. The molecule has 0 saturated heterocycles. The first kappa shape index (κ1) is 49.2. The van der Waals surface area contributed by atoms with Gasteiger partial charge in [0, 0.05) is 42.7 Å². The average molecular weight is 832 g/mol. The fraction of sp³-hybridized carbons (Fsp3) is 0.842. The molecule has 0 atom stereocenters. The Kier molecular flexibility index (Phi) is 31.9. The first-order valence-electron chi connectivity index (χ1n) is 19.6. The summed E-state index contributed by atoms with van der Waals surface area (Å²) in [5.74, 6) is 0. The molecule has 0 fully saturated rings. The molecular formula is C38H68N4NiS6-4. The molecule has 0 saturated carbocycles. The molecule has 2 rings (SSSR count). The molecular weight excluding hydrogens is 764 g/mol. The maximum atomic E-state index is 5.63. The number of unbranched alkanes of at least 4 members (excludes halogenated alkanes) is 20. The van der Waals surface area contributed by atoms with Crippen LogP contribution in [0.5, 0.6) is 0 Å². The molecule has 0 amide bonds. The van der Waals surface area contributed by atoms with Crippen molar-refractivity contribution in [2.24, 2.45) is 0 Å². The van der Waals surface area contributed by atoms with Crippen LogP contribution < -0.4 is 0 Å². The van der Waals surface area contributed by atoms with Crippen LogP contribution in [0.25, 0.3) is 0 Å². The van der Waals surface area contributed by atoms with Gasteiger partial charge in [0.2, 0.25) is 0 Å². The largest absolute Gasteiger partial charge is 0.762 e. The van der Waals surface area contributed by atoms with Crippen LogP contribution in [0, 0.1) is 9.54 Å². The van der Waals surface area contributed by atoms with Crippen LogP contribution in [-0.4, -0.2) is 18.3 Å². The zero-order valence-corrected chi connectivity index (χ0v) is 37.2. The molecule has 0 aliphatic rings. The maximum Gasteiger partial charge on any atom is 0.176 e. The van der Waals surface area contributed by atoms with Gasteiger partial charge in [-0.25, -0.2) is 0 Å². The van der Waals surface area contributed by atoms with Crippen molar-refractivity contribution in [3.8, 4) is 0 Å². The molecule has 0 aliphatic carbocycles. The van der Waals surface area contributed by atoms with Crippen molar-refractivity contribution < 1.29 is 16.5 Å². The van der Waals surface area contributed by atoms with E-state index in [1.807, 2.05) is 0 Å². The number of hydrogen-bond donors (Lipinski definition) is 0. The predicted molar refractivity (Wildman–Crippen MR) is 223 cm³/mol. The first-order valence-corrected chi connectivity index (χ1v) is 22.1. The molecule has 290 valence electrons. The van der Waals surface area contributed by atoms with Crippen LogP contribution >= 0.6 is 24.4 Å². The van der Waals surface area contributed by atoms with E-state index in [4.69, 9.17) is 75.0 Å². The Bertz CT molecular complexity index is 1030. The fourth-order valence-corrected chi connectivity index (χ4v) is 8.20. The van der Waals surface area contributed by atoms with E-state index in [0.717, 1.165) is 81.5 Å². The summed E-state index contributed by atoms with van der Waals surface area (Å²) in [7, 11) is 0. The van der Waals surface area contributed by atoms with Crippen molar-refractivity contribution in [3.05, 3.63) is 9.54 Å². The number of rotatable bonds is 28. The molecule has 0 radical (unpaired) electrons. The normalized spacial score (nSPS) is 11.0. The summed E-state index contributed by atoms with van der Waals surface area (Å²) in [5, 5.41) is 3.09. The number of imidazole rings is 2. The van der Waals surface area contributed by atoms with Crippen LogP contribution in [0.3, 0.4) is 0 Å². The molecule has 11 heteroatoms. The quantitative estimate of drug-likeness (QED) is 0.0366. The van der Waals surface area contributed by atoms with Crippen LogP contribution in [-0.2, 0) is 93.2 Å². The van der Waals surface area contributed by atoms with Gasteiger partial charge in [0.25, 0.3) is 0 Å². The number of nitrogens with zero attached hydrogens (tertiary/aromatic N) is 4. The van der Waals surface area contributed by atoms with Gasteiger partial charge in [0.1, 0.15) is 0 Å². The van der Waals surface area contributed by atoms with Gasteiger partial charge in [-0.3, -0.25) is 0 Å². The monoisotopic (exact) mass is 830 g/mol. The second-order valence-electron chi connectivity index (χ2n) is 13.5. The van der Waals surface area contributed by atoms with Gasteiger partial charge in [0.15, 0.2) is 9.54 Å². The molecule has 0 N–H and O–H groups in total. The van der Waals surface area contributed by atoms with E-state index in [9.17, 15) is 0 Å². The molecule has 2 heterocycles. The second-order valence-corrected chi connectivity index (χ2v) is 15.7. The Morgan fingerprint density at radius 3 is 0.673 bits per heavy atom. The van der Waals surface area contributed by atoms with Crippen LogP contribution in [0.1, 0.15) is 182 Å². The smallest absolute Gasteiger partial charge is 0.176 e. The van der Waals surface area contributed by atoms with Gasteiger partial charge in [-0.15, -0.1) is 20.1 Å². The van der Waals surface area contributed by atoms with Crippen molar-refractivity contribution in [2.45, 2.75) is 228 Å². The zero-order chi connectivity index (χ0) is 35.6. The molecule has 0 aromatic carbocycles. The molecule has 0 unspecified atom stereocenters. The molecule has 2 aromatic rings. The van der Waals surface area contributed by atoms with Crippen LogP contribution in [0.2, 0.25) is 0 Å². The van der Waals surface area contributed by atoms with Crippen molar-refractivity contribution in [1.82, 2.24) is 18.3 Å². The zero-order valence-electron chi connectivity index (χ0n) is 31.4. The second kappa shape index (κ2) is 31.7. The standard InChI is InChI=1S/2C19H36N2S3.Ni/c2*1-3-5-7-9-11-13-15-20-17(22)18(23)21(19(20)24)16-14-12-10-8-6-4-2;/h2*22-23H,3-16H2,1-2H3;/p-4. The minimum atomic E-state index is 0. The minimum absolute atomic E-state index is 0. The van der Waals surface area contributed by atoms with E-state index in [2.05, 4.69) is 46.0 Å². The summed E-state index contributed by atoms with van der Waals surface area (Å²) in [6.07, 6.45) is 30.8. The Morgan fingerprint density at radius 1 is 0.327 bits per heavy atom. The summed E-state index contributed by atoms with van der Waals surface area (Å²) < 4.78 is 10.0. The average Bonchev–Trinajstić information content (AvgIpc) is 3.41. The third kappa shape index (κ3) is 19.8. The Balaban J connectivity index is 0.000000922. The van der Waals surface area contributed by atoms with Gasteiger partial charge in [-0.05, 0) is 50.1 Å². The molecule has 4 nitrogen and oxygen atoms in total. The molecule has 49 heavy (non-hydrogen) atoms. The van der Waals surface area contributed by atoms with Crippen molar-refractivity contribution in [1.29, 1.82) is 0 Å². The molecule has 0 bridgehead atoms. The van der Waals surface area contributed by atoms with Gasteiger partial charge in [-0.1, -0.05) is 156 Å². The summed E-state index contributed by atoms with van der Waals surface area (Å²) in [5.41, 5.74) is 0. The minimum Gasteiger partial charge on any atom is -0.762 e. The van der Waals surface area contributed by atoms with E-state index in [1.54, 1.807) is 0 Å².